The summed E-state index contributed by atoms with van der Waals surface area (Å²) in [6.45, 7) is 5.53. The third kappa shape index (κ3) is 2.71. The third-order valence-electron chi connectivity index (χ3n) is 4.10. The largest absolute Gasteiger partial charge is 0.361 e. The standard InChI is InChI=1S/C15H19N5O3/c1-7-5-11(21)17-15-13(7)14(18-20(15)4)16-12(22)6-10-8(2)19-23-9(10)3/h7H,5-6H2,1-4H3,(H,17,21)(H,16,18,22)/t7-/m0/s1. The monoisotopic (exact) mass is 317 g/mol. The number of carbonyl (C=O) groups is 2. The van der Waals surface area contributed by atoms with Crippen molar-refractivity contribution in [2.45, 2.75) is 39.5 Å². The highest BCUT2D eigenvalue weighted by Gasteiger charge is 2.29. The second kappa shape index (κ2) is 5.53. The second-order valence-corrected chi connectivity index (χ2v) is 5.92. The van der Waals surface area contributed by atoms with Gasteiger partial charge in [-0.15, -0.1) is 0 Å². The van der Waals surface area contributed by atoms with Gasteiger partial charge in [0.25, 0.3) is 0 Å². The van der Waals surface area contributed by atoms with Gasteiger partial charge < -0.3 is 15.2 Å². The zero-order valence-electron chi connectivity index (χ0n) is 13.6. The van der Waals surface area contributed by atoms with Crippen LogP contribution in [0.1, 0.15) is 41.8 Å². The fourth-order valence-electron chi connectivity index (χ4n) is 2.90. The zero-order chi connectivity index (χ0) is 16.7. The van der Waals surface area contributed by atoms with Crippen LogP contribution >= 0.6 is 0 Å². The van der Waals surface area contributed by atoms with Crippen molar-refractivity contribution >= 4 is 23.5 Å². The number of hydrogen-bond acceptors (Lipinski definition) is 5. The molecule has 0 radical (unpaired) electrons. The molecule has 1 aliphatic rings. The Bertz CT molecular complexity index is 770. The van der Waals surface area contributed by atoms with Gasteiger partial charge in [-0.05, 0) is 19.8 Å². The average Bonchev–Trinajstić information content (AvgIpc) is 2.93. The van der Waals surface area contributed by atoms with Gasteiger partial charge in [-0.25, -0.2) is 0 Å². The number of aryl methyl sites for hydroxylation is 3. The van der Waals surface area contributed by atoms with Crippen molar-refractivity contribution < 1.29 is 14.1 Å². The molecule has 3 rings (SSSR count). The molecule has 2 aromatic rings. The van der Waals surface area contributed by atoms with Crippen LogP contribution in [0.5, 0.6) is 0 Å². The molecule has 23 heavy (non-hydrogen) atoms. The number of nitrogens with one attached hydrogen (secondary N) is 2. The maximum Gasteiger partial charge on any atom is 0.230 e. The van der Waals surface area contributed by atoms with E-state index >= 15 is 0 Å². The SMILES string of the molecule is Cc1noc(C)c1CC(=O)Nc1nn(C)c2c1[C@@H](C)CC(=O)N2. The first-order chi connectivity index (χ1) is 10.9. The van der Waals surface area contributed by atoms with Crippen LogP contribution < -0.4 is 10.6 Å². The molecule has 3 heterocycles. The van der Waals surface area contributed by atoms with E-state index in [1.165, 1.54) is 0 Å². The van der Waals surface area contributed by atoms with Crippen molar-refractivity contribution in [1.29, 1.82) is 0 Å². The van der Waals surface area contributed by atoms with E-state index in [4.69, 9.17) is 4.52 Å². The lowest BCUT2D eigenvalue weighted by Gasteiger charge is -2.20. The lowest BCUT2D eigenvalue weighted by molar-refractivity contribution is -0.117. The lowest BCUT2D eigenvalue weighted by atomic mass is 9.95. The molecule has 2 N–H and O–H groups in total. The van der Waals surface area contributed by atoms with E-state index in [9.17, 15) is 9.59 Å². The number of anilines is 2. The Kier molecular flexibility index (Phi) is 3.67. The van der Waals surface area contributed by atoms with Gasteiger partial charge in [0, 0.05) is 24.6 Å². The molecule has 8 heteroatoms. The quantitative estimate of drug-likeness (QED) is 0.896. The smallest absolute Gasteiger partial charge is 0.230 e. The molecule has 0 spiro atoms. The molecule has 1 aliphatic heterocycles. The maximum absolute atomic E-state index is 12.3. The van der Waals surface area contributed by atoms with Gasteiger partial charge in [-0.2, -0.15) is 5.10 Å². The van der Waals surface area contributed by atoms with Crippen LogP contribution in [0.3, 0.4) is 0 Å². The number of fused-ring (bicyclic) bond motifs is 1. The van der Waals surface area contributed by atoms with Crippen LogP contribution in [0.15, 0.2) is 4.52 Å². The summed E-state index contributed by atoms with van der Waals surface area (Å²) >= 11 is 0. The number of nitrogens with zero attached hydrogens (tertiary/aromatic N) is 3. The summed E-state index contributed by atoms with van der Waals surface area (Å²) in [4.78, 5) is 24.0. The normalized spacial score (nSPS) is 16.9. The van der Waals surface area contributed by atoms with Gasteiger partial charge in [0.15, 0.2) is 5.82 Å². The number of amides is 2. The second-order valence-electron chi connectivity index (χ2n) is 5.92. The number of rotatable bonds is 3. The van der Waals surface area contributed by atoms with E-state index in [0.717, 1.165) is 11.1 Å². The first-order valence-corrected chi connectivity index (χ1v) is 7.45. The number of hydrogen-bond donors (Lipinski definition) is 2. The molecule has 122 valence electrons. The summed E-state index contributed by atoms with van der Waals surface area (Å²) in [7, 11) is 1.74. The molecule has 2 amide bonds. The first kappa shape index (κ1) is 15.3. The van der Waals surface area contributed by atoms with Crippen molar-refractivity contribution in [2.24, 2.45) is 7.05 Å². The van der Waals surface area contributed by atoms with E-state index in [1.807, 2.05) is 6.92 Å². The zero-order valence-corrected chi connectivity index (χ0v) is 13.6. The topological polar surface area (TPSA) is 102 Å². The Morgan fingerprint density at radius 3 is 2.87 bits per heavy atom. The molecular weight excluding hydrogens is 298 g/mol. The fraction of sp³-hybridized carbons (Fsp3) is 0.467. The van der Waals surface area contributed by atoms with Gasteiger partial charge >= 0.3 is 0 Å². The van der Waals surface area contributed by atoms with Crippen LogP contribution in [0.2, 0.25) is 0 Å². The van der Waals surface area contributed by atoms with E-state index in [1.54, 1.807) is 25.6 Å². The van der Waals surface area contributed by atoms with E-state index in [2.05, 4.69) is 20.9 Å². The van der Waals surface area contributed by atoms with Crippen LogP contribution in [0, 0.1) is 13.8 Å². The van der Waals surface area contributed by atoms with Crippen LogP contribution in [-0.2, 0) is 23.1 Å². The molecule has 2 aromatic heterocycles. The highest BCUT2D eigenvalue weighted by molar-refractivity contribution is 5.98. The summed E-state index contributed by atoms with van der Waals surface area (Å²) < 4.78 is 6.65. The Morgan fingerprint density at radius 2 is 2.22 bits per heavy atom. The molecule has 0 saturated carbocycles. The van der Waals surface area contributed by atoms with Crippen molar-refractivity contribution in [1.82, 2.24) is 14.9 Å². The minimum Gasteiger partial charge on any atom is -0.361 e. The van der Waals surface area contributed by atoms with Gasteiger partial charge in [0.2, 0.25) is 11.8 Å². The van der Waals surface area contributed by atoms with E-state index < -0.39 is 0 Å². The first-order valence-electron chi connectivity index (χ1n) is 7.45. The van der Waals surface area contributed by atoms with Crippen molar-refractivity contribution in [3.05, 3.63) is 22.6 Å². The molecule has 0 aliphatic carbocycles. The van der Waals surface area contributed by atoms with E-state index in [0.29, 0.717) is 29.5 Å². The molecule has 0 bridgehead atoms. The maximum atomic E-state index is 12.3. The molecule has 0 saturated heterocycles. The summed E-state index contributed by atoms with van der Waals surface area (Å²) in [6, 6.07) is 0. The Hall–Kier alpha value is -2.64. The summed E-state index contributed by atoms with van der Waals surface area (Å²) in [5, 5.41) is 13.8. The molecule has 0 unspecified atom stereocenters. The third-order valence-corrected chi connectivity index (χ3v) is 4.10. The van der Waals surface area contributed by atoms with Gasteiger partial charge in [-0.1, -0.05) is 12.1 Å². The van der Waals surface area contributed by atoms with Crippen molar-refractivity contribution in [3.8, 4) is 0 Å². The Labute approximate surface area is 133 Å². The molecular formula is C15H19N5O3. The number of aromatic nitrogens is 3. The summed E-state index contributed by atoms with van der Waals surface area (Å²) in [5.41, 5.74) is 2.36. The van der Waals surface area contributed by atoms with Gasteiger partial charge in [0.05, 0.1) is 12.1 Å². The highest BCUT2D eigenvalue weighted by Crippen LogP contribution is 2.36. The molecule has 8 nitrogen and oxygen atoms in total. The minimum atomic E-state index is -0.190. The summed E-state index contributed by atoms with van der Waals surface area (Å²) in [5.74, 6) is 1.54. The lowest BCUT2D eigenvalue weighted by Crippen LogP contribution is -2.23. The van der Waals surface area contributed by atoms with Crippen LogP contribution in [0.25, 0.3) is 0 Å². The molecule has 0 aromatic carbocycles. The average molecular weight is 317 g/mol. The fourth-order valence-corrected chi connectivity index (χ4v) is 2.90. The Balaban J connectivity index is 1.83. The van der Waals surface area contributed by atoms with Crippen molar-refractivity contribution in [2.75, 3.05) is 10.6 Å². The predicted molar refractivity (Wildman–Crippen MR) is 83.2 cm³/mol. The van der Waals surface area contributed by atoms with Gasteiger partial charge in [-0.3, -0.25) is 14.3 Å². The Morgan fingerprint density at radius 1 is 1.48 bits per heavy atom. The van der Waals surface area contributed by atoms with E-state index in [-0.39, 0.29) is 24.2 Å². The predicted octanol–water partition coefficient (Wildman–Crippen LogP) is 1.65. The summed E-state index contributed by atoms with van der Waals surface area (Å²) in [6.07, 6.45) is 0.554. The molecule has 1 atom stereocenters. The minimum absolute atomic E-state index is 0.00168. The van der Waals surface area contributed by atoms with Crippen molar-refractivity contribution in [3.63, 3.8) is 0 Å². The number of carbonyl (C=O) groups excluding carboxylic acids is 2. The van der Waals surface area contributed by atoms with Gasteiger partial charge in [0.1, 0.15) is 11.6 Å². The highest BCUT2D eigenvalue weighted by atomic mass is 16.5. The van der Waals surface area contributed by atoms with Crippen LogP contribution in [-0.4, -0.2) is 26.8 Å². The van der Waals surface area contributed by atoms with Crippen LogP contribution in [0.4, 0.5) is 11.6 Å². The molecule has 0 fully saturated rings.